The molecule has 0 N–H and O–H groups in total. The van der Waals surface area contributed by atoms with Crippen molar-refractivity contribution in [2.75, 3.05) is 0 Å². The highest BCUT2D eigenvalue weighted by Crippen LogP contribution is 2.33. The van der Waals surface area contributed by atoms with Crippen molar-refractivity contribution in [1.29, 1.82) is 5.26 Å². The van der Waals surface area contributed by atoms with Crippen LogP contribution in [0.2, 0.25) is 0 Å². The lowest BCUT2D eigenvalue weighted by molar-refractivity contribution is -0.140. The van der Waals surface area contributed by atoms with Gasteiger partial charge in [-0.15, -0.1) is 22.7 Å². The summed E-state index contributed by atoms with van der Waals surface area (Å²) in [4.78, 5) is 12.3. The second kappa shape index (κ2) is 5.47. The van der Waals surface area contributed by atoms with Crippen molar-refractivity contribution in [1.82, 2.24) is 15.0 Å². The normalized spacial score (nSPS) is 11.4. The van der Waals surface area contributed by atoms with Gasteiger partial charge in [0.25, 0.3) is 0 Å². The second-order valence-corrected chi connectivity index (χ2v) is 5.82. The first kappa shape index (κ1) is 14.6. The molecule has 0 amide bonds. The fourth-order valence-electron chi connectivity index (χ4n) is 1.58. The van der Waals surface area contributed by atoms with Gasteiger partial charge < -0.3 is 0 Å². The molecule has 0 aliphatic rings. The number of thiazole rings is 1. The van der Waals surface area contributed by atoms with Gasteiger partial charge in [-0.05, 0) is 12.1 Å². The maximum Gasteiger partial charge on any atom is 0.434 e. The molecule has 0 saturated heterocycles. The molecule has 22 heavy (non-hydrogen) atoms. The highest BCUT2D eigenvalue weighted by atomic mass is 32.1. The standard InChI is InChI=1S/C13H4F3N4S2/c14-13(15,16)10-6-22-12(20-10)11-18-2-1-8(19-11)9-3-7(4-17)5-21-9/h1,3,5-6H. The average Bonchev–Trinajstić information content (AvgIpc) is 3.16. The minimum atomic E-state index is -4.49. The Morgan fingerprint density at radius 1 is 1.18 bits per heavy atom. The van der Waals surface area contributed by atoms with E-state index in [9.17, 15) is 13.2 Å². The fourth-order valence-corrected chi connectivity index (χ4v) is 3.14. The molecule has 0 fully saturated rings. The molecule has 0 aliphatic heterocycles. The molecule has 0 saturated carbocycles. The van der Waals surface area contributed by atoms with E-state index in [0.29, 0.717) is 16.1 Å². The van der Waals surface area contributed by atoms with E-state index in [4.69, 9.17) is 5.26 Å². The van der Waals surface area contributed by atoms with Gasteiger partial charge in [0.15, 0.2) is 16.5 Å². The van der Waals surface area contributed by atoms with Gasteiger partial charge in [0, 0.05) is 10.8 Å². The van der Waals surface area contributed by atoms with E-state index < -0.39 is 11.9 Å². The Balaban J connectivity index is 1.98. The minimum absolute atomic E-state index is 0.0717. The third kappa shape index (κ3) is 2.84. The molecule has 3 aromatic rings. The number of halogens is 3. The predicted octanol–water partition coefficient (Wildman–Crippen LogP) is 4.02. The summed E-state index contributed by atoms with van der Waals surface area (Å²) in [5, 5.41) is 11.5. The number of hydrogen-bond donors (Lipinski definition) is 0. The van der Waals surface area contributed by atoms with E-state index in [1.807, 2.05) is 6.07 Å². The van der Waals surface area contributed by atoms with E-state index in [1.54, 1.807) is 11.4 Å². The van der Waals surface area contributed by atoms with Crippen LogP contribution in [-0.4, -0.2) is 15.0 Å². The van der Waals surface area contributed by atoms with Gasteiger partial charge in [0.05, 0.1) is 22.3 Å². The molecule has 0 spiro atoms. The summed E-state index contributed by atoms with van der Waals surface area (Å²) in [6.07, 6.45) is -1.90. The Kier molecular flexibility index (Phi) is 3.64. The molecule has 0 atom stereocenters. The molecule has 0 aliphatic carbocycles. The third-order valence-corrected chi connectivity index (χ3v) is 4.36. The summed E-state index contributed by atoms with van der Waals surface area (Å²) in [6, 6.07) is 5.16. The van der Waals surface area contributed by atoms with Gasteiger partial charge in [-0.2, -0.15) is 18.4 Å². The number of hydrogen-bond acceptors (Lipinski definition) is 6. The van der Waals surface area contributed by atoms with Crippen molar-refractivity contribution in [3.05, 3.63) is 40.3 Å². The Hall–Kier alpha value is -2.31. The van der Waals surface area contributed by atoms with Crippen molar-refractivity contribution in [3.63, 3.8) is 0 Å². The SMILES string of the molecule is N#Cc1csc(-c2c[c]nc(-c3nc(C(F)(F)F)cs3)n2)c1. The summed E-state index contributed by atoms with van der Waals surface area (Å²) < 4.78 is 37.7. The van der Waals surface area contributed by atoms with Crippen LogP contribution in [0.5, 0.6) is 0 Å². The highest BCUT2D eigenvalue weighted by molar-refractivity contribution is 7.13. The maximum absolute atomic E-state index is 12.6. The molecule has 0 aromatic carbocycles. The van der Waals surface area contributed by atoms with Gasteiger partial charge in [-0.1, -0.05) is 0 Å². The third-order valence-electron chi connectivity index (χ3n) is 2.56. The van der Waals surface area contributed by atoms with Crippen LogP contribution in [0.25, 0.3) is 21.4 Å². The summed E-state index contributed by atoms with van der Waals surface area (Å²) in [7, 11) is 0. The molecule has 3 aromatic heterocycles. The molecule has 3 heterocycles. The molecule has 0 unspecified atom stereocenters. The van der Waals surface area contributed by atoms with Crippen LogP contribution in [0, 0.1) is 17.5 Å². The number of rotatable bonds is 2. The van der Waals surface area contributed by atoms with E-state index in [2.05, 4.69) is 21.1 Å². The first-order valence-corrected chi connectivity index (χ1v) is 7.50. The fraction of sp³-hybridized carbons (Fsp3) is 0.0769. The number of alkyl halides is 3. The highest BCUT2D eigenvalue weighted by Gasteiger charge is 2.34. The summed E-state index contributed by atoms with van der Waals surface area (Å²) in [5.41, 5.74) is 0.0124. The van der Waals surface area contributed by atoms with Crippen LogP contribution in [0.3, 0.4) is 0 Å². The number of nitrogens with zero attached hydrogens (tertiary/aromatic N) is 4. The molecule has 4 nitrogen and oxygen atoms in total. The van der Waals surface area contributed by atoms with E-state index in [-0.39, 0.29) is 10.8 Å². The molecule has 109 valence electrons. The van der Waals surface area contributed by atoms with E-state index >= 15 is 0 Å². The van der Waals surface area contributed by atoms with E-state index in [1.165, 1.54) is 17.4 Å². The Morgan fingerprint density at radius 2 is 2.00 bits per heavy atom. The molecule has 9 heteroatoms. The number of thiophene rings is 1. The van der Waals surface area contributed by atoms with Gasteiger partial charge in [0.2, 0.25) is 0 Å². The zero-order valence-electron chi connectivity index (χ0n) is 10.5. The quantitative estimate of drug-likeness (QED) is 0.708. The Bertz CT molecular complexity index is 861. The van der Waals surface area contributed by atoms with Crippen molar-refractivity contribution in [2.45, 2.75) is 6.18 Å². The Labute approximate surface area is 130 Å². The first-order valence-electron chi connectivity index (χ1n) is 5.74. The van der Waals surface area contributed by atoms with Crippen molar-refractivity contribution < 1.29 is 13.2 Å². The molecule has 1 radical (unpaired) electrons. The second-order valence-electron chi connectivity index (χ2n) is 4.05. The van der Waals surface area contributed by atoms with Crippen LogP contribution in [-0.2, 0) is 6.18 Å². The lowest BCUT2D eigenvalue weighted by atomic mass is 10.3. The van der Waals surface area contributed by atoms with Crippen molar-refractivity contribution in [3.8, 4) is 27.5 Å². The molecule has 3 rings (SSSR count). The van der Waals surface area contributed by atoms with Crippen molar-refractivity contribution >= 4 is 22.7 Å². The lowest BCUT2D eigenvalue weighted by Gasteiger charge is -2.00. The number of aromatic nitrogens is 3. The van der Waals surface area contributed by atoms with Gasteiger partial charge in [-0.25, -0.2) is 15.0 Å². The van der Waals surface area contributed by atoms with Crippen LogP contribution in [0.4, 0.5) is 13.2 Å². The molecular weight excluding hydrogens is 333 g/mol. The summed E-state index contributed by atoms with van der Waals surface area (Å²) in [6.45, 7) is 0. The smallest absolute Gasteiger partial charge is 0.228 e. The van der Waals surface area contributed by atoms with Crippen LogP contribution < -0.4 is 0 Å². The van der Waals surface area contributed by atoms with Gasteiger partial charge >= 0.3 is 6.18 Å². The monoisotopic (exact) mass is 337 g/mol. The topological polar surface area (TPSA) is 62.5 Å². The zero-order valence-corrected chi connectivity index (χ0v) is 12.2. The van der Waals surface area contributed by atoms with Crippen LogP contribution in [0.15, 0.2) is 22.9 Å². The maximum atomic E-state index is 12.6. The minimum Gasteiger partial charge on any atom is -0.228 e. The zero-order chi connectivity index (χ0) is 15.7. The molecular formula is C13H4F3N4S2. The molecule has 0 bridgehead atoms. The summed E-state index contributed by atoms with van der Waals surface area (Å²) in [5.74, 6) is 0.0740. The first-order chi connectivity index (χ1) is 10.5. The predicted molar refractivity (Wildman–Crippen MR) is 75.0 cm³/mol. The van der Waals surface area contributed by atoms with Crippen LogP contribution >= 0.6 is 22.7 Å². The van der Waals surface area contributed by atoms with E-state index in [0.717, 1.165) is 16.7 Å². The van der Waals surface area contributed by atoms with Gasteiger partial charge in [0.1, 0.15) is 6.07 Å². The Morgan fingerprint density at radius 3 is 2.64 bits per heavy atom. The number of nitriles is 1. The van der Waals surface area contributed by atoms with Crippen molar-refractivity contribution in [2.24, 2.45) is 0 Å². The average molecular weight is 337 g/mol. The van der Waals surface area contributed by atoms with Gasteiger partial charge in [-0.3, -0.25) is 0 Å². The summed E-state index contributed by atoms with van der Waals surface area (Å²) >= 11 is 2.13. The lowest BCUT2D eigenvalue weighted by Crippen LogP contribution is -2.05. The van der Waals surface area contributed by atoms with Crippen LogP contribution in [0.1, 0.15) is 11.3 Å². The largest absolute Gasteiger partial charge is 0.434 e.